The van der Waals surface area contributed by atoms with Crippen molar-refractivity contribution in [1.29, 1.82) is 0 Å². The van der Waals surface area contributed by atoms with Crippen LogP contribution in [-0.4, -0.2) is 16.8 Å². The fourth-order valence-electron chi connectivity index (χ4n) is 5.31. The topological polar surface area (TPSA) is 44.9 Å². The Morgan fingerprint density at radius 3 is 1.79 bits per heavy atom. The van der Waals surface area contributed by atoms with Crippen molar-refractivity contribution in [3.05, 3.63) is 143 Å². The quantitative estimate of drug-likeness (QED) is 0.345. The summed E-state index contributed by atoms with van der Waals surface area (Å²) in [5.41, 5.74) is 5.63. The van der Waals surface area contributed by atoms with Gasteiger partial charge in [0, 0.05) is 22.7 Å². The Morgan fingerprint density at radius 2 is 1.24 bits per heavy atom. The number of ketones is 1. The molecule has 0 bridgehead atoms. The van der Waals surface area contributed by atoms with E-state index in [1.165, 1.54) is 5.56 Å². The molecule has 6 rings (SSSR count). The molecule has 4 aromatic carbocycles. The lowest BCUT2D eigenvalue weighted by molar-refractivity contribution is 0.0927. The van der Waals surface area contributed by atoms with Gasteiger partial charge in [-0.1, -0.05) is 103 Å². The molecule has 0 fully saturated rings. The van der Waals surface area contributed by atoms with Gasteiger partial charge in [0.15, 0.2) is 5.78 Å². The fourth-order valence-corrected chi connectivity index (χ4v) is 5.31. The molecule has 0 saturated heterocycles. The number of aromatic amines is 1. The Bertz CT molecular complexity index is 1330. The van der Waals surface area contributed by atoms with Crippen LogP contribution in [0.15, 0.2) is 115 Å². The molecule has 5 aromatic rings. The highest BCUT2D eigenvalue weighted by Gasteiger charge is 2.41. The third-order valence-electron chi connectivity index (χ3n) is 6.80. The zero-order valence-corrected chi connectivity index (χ0v) is 18.2. The molecule has 33 heavy (non-hydrogen) atoms. The Labute approximate surface area is 193 Å². The van der Waals surface area contributed by atoms with E-state index in [-0.39, 0.29) is 11.8 Å². The number of hydrogen-bond donors (Lipinski definition) is 2. The highest BCUT2D eigenvalue weighted by molar-refractivity contribution is 6.13. The highest BCUT2D eigenvalue weighted by atomic mass is 16.1. The minimum Gasteiger partial charge on any atom is -0.361 e. The number of nitrogens with one attached hydrogen (secondary N) is 2. The molecular formula is C30H24N2O. The molecule has 0 spiro atoms. The van der Waals surface area contributed by atoms with Crippen LogP contribution < -0.4 is 5.32 Å². The van der Waals surface area contributed by atoms with Crippen molar-refractivity contribution in [2.24, 2.45) is 0 Å². The number of carbonyl (C=O) groups is 1. The molecular weight excluding hydrogens is 404 g/mol. The van der Waals surface area contributed by atoms with Crippen LogP contribution >= 0.6 is 0 Å². The van der Waals surface area contributed by atoms with Crippen LogP contribution in [0.25, 0.3) is 10.9 Å². The number of benzene rings is 4. The van der Waals surface area contributed by atoms with Gasteiger partial charge in [-0.25, -0.2) is 0 Å². The van der Waals surface area contributed by atoms with Crippen LogP contribution in [-0.2, 0) is 12.0 Å². The van der Waals surface area contributed by atoms with Gasteiger partial charge in [0.2, 0.25) is 0 Å². The van der Waals surface area contributed by atoms with Crippen LogP contribution in [0.5, 0.6) is 0 Å². The number of hydrogen-bond acceptors (Lipinski definition) is 2. The standard InChI is InChI=1S/C30H24N2O/c33-29-25-17-10-18-26-28(25)21(20-31-26)19-27(29)32-30(22-11-4-1-5-12-22,23-13-6-2-7-14-23)24-15-8-3-9-16-24/h1-18,20,27,31-32H,19H2. The first-order chi connectivity index (χ1) is 16.3. The Morgan fingerprint density at radius 1 is 0.697 bits per heavy atom. The molecule has 160 valence electrons. The first kappa shape index (κ1) is 19.7. The van der Waals surface area contributed by atoms with Gasteiger partial charge in [0.1, 0.15) is 0 Å². The molecule has 1 atom stereocenters. The zero-order chi connectivity index (χ0) is 22.3. The van der Waals surface area contributed by atoms with Crippen LogP contribution in [0.3, 0.4) is 0 Å². The lowest BCUT2D eigenvalue weighted by atomic mass is 9.75. The van der Waals surface area contributed by atoms with E-state index in [1.54, 1.807) is 0 Å². The van der Waals surface area contributed by atoms with Crippen molar-refractivity contribution in [3.8, 4) is 0 Å². The van der Waals surface area contributed by atoms with Crippen molar-refractivity contribution in [3.63, 3.8) is 0 Å². The molecule has 1 aliphatic rings. The van der Waals surface area contributed by atoms with Crippen LogP contribution in [0.1, 0.15) is 32.6 Å². The maximum absolute atomic E-state index is 13.8. The van der Waals surface area contributed by atoms with Gasteiger partial charge in [-0.2, -0.15) is 0 Å². The second-order valence-electron chi connectivity index (χ2n) is 8.66. The molecule has 1 heterocycles. The summed E-state index contributed by atoms with van der Waals surface area (Å²) in [6, 6.07) is 36.9. The lowest BCUT2D eigenvalue weighted by Crippen LogP contribution is -2.54. The molecule has 2 N–H and O–H groups in total. The monoisotopic (exact) mass is 428 g/mol. The Kier molecular flexibility index (Phi) is 4.70. The van der Waals surface area contributed by atoms with Crippen molar-refractivity contribution in [1.82, 2.24) is 10.3 Å². The van der Waals surface area contributed by atoms with E-state index in [0.29, 0.717) is 6.42 Å². The Balaban J connectivity index is 1.55. The van der Waals surface area contributed by atoms with Gasteiger partial charge in [-0.3, -0.25) is 10.1 Å². The highest BCUT2D eigenvalue weighted by Crippen LogP contribution is 2.39. The van der Waals surface area contributed by atoms with Crippen LogP contribution in [0.4, 0.5) is 0 Å². The average molecular weight is 429 g/mol. The molecule has 0 amide bonds. The molecule has 0 aliphatic heterocycles. The van der Waals surface area contributed by atoms with Gasteiger partial charge >= 0.3 is 0 Å². The smallest absolute Gasteiger partial charge is 0.180 e. The van der Waals surface area contributed by atoms with Crippen molar-refractivity contribution < 1.29 is 4.79 Å². The van der Waals surface area contributed by atoms with Gasteiger partial charge in [0.05, 0.1) is 11.6 Å². The summed E-state index contributed by atoms with van der Waals surface area (Å²) < 4.78 is 0. The van der Waals surface area contributed by atoms with E-state index < -0.39 is 5.54 Å². The van der Waals surface area contributed by atoms with E-state index in [4.69, 9.17) is 0 Å². The van der Waals surface area contributed by atoms with Crippen molar-refractivity contribution >= 4 is 16.7 Å². The van der Waals surface area contributed by atoms with E-state index in [1.807, 2.05) is 42.6 Å². The minimum absolute atomic E-state index is 0.139. The maximum Gasteiger partial charge on any atom is 0.180 e. The molecule has 1 aliphatic carbocycles. The maximum atomic E-state index is 13.8. The summed E-state index contributed by atoms with van der Waals surface area (Å²) in [7, 11) is 0. The van der Waals surface area contributed by atoms with Gasteiger partial charge in [0.25, 0.3) is 0 Å². The first-order valence-corrected chi connectivity index (χ1v) is 11.3. The normalized spacial score (nSPS) is 15.6. The molecule has 0 saturated carbocycles. The van der Waals surface area contributed by atoms with E-state index in [0.717, 1.165) is 33.2 Å². The summed E-state index contributed by atoms with van der Waals surface area (Å²) in [5.74, 6) is 0.139. The predicted octanol–water partition coefficient (Wildman–Crippen LogP) is 5.86. The molecule has 3 heteroatoms. The lowest BCUT2D eigenvalue weighted by Gasteiger charge is -2.40. The second-order valence-corrected chi connectivity index (χ2v) is 8.66. The van der Waals surface area contributed by atoms with Crippen LogP contribution in [0.2, 0.25) is 0 Å². The van der Waals surface area contributed by atoms with Crippen LogP contribution in [0, 0.1) is 0 Å². The molecule has 3 nitrogen and oxygen atoms in total. The molecule has 1 aromatic heterocycles. The Hall–Kier alpha value is -3.95. The first-order valence-electron chi connectivity index (χ1n) is 11.3. The summed E-state index contributed by atoms with van der Waals surface area (Å²) in [5, 5.41) is 4.94. The average Bonchev–Trinajstić information content (AvgIpc) is 3.30. The summed E-state index contributed by atoms with van der Waals surface area (Å²) in [4.78, 5) is 17.1. The van der Waals surface area contributed by atoms with E-state index in [2.05, 4.69) is 83.1 Å². The largest absolute Gasteiger partial charge is 0.361 e. The third-order valence-corrected chi connectivity index (χ3v) is 6.80. The van der Waals surface area contributed by atoms with Gasteiger partial charge in [-0.15, -0.1) is 0 Å². The van der Waals surface area contributed by atoms with Gasteiger partial charge < -0.3 is 4.98 Å². The number of aromatic nitrogens is 1. The molecule has 0 radical (unpaired) electrons. The number of rotatable bonds is 5. The minimum atomic E-state index is -0.675. The number of carbonyl (C=O) groups excluding carboxylic acids is 1. The van der Waals surface area contributed by atoms with Crippen molar-refractivity contribution in [2.75, 3.05) is 0 Å². The third kappa shape index (κ3) is 3.12. The zero-order valence-electron chi connectivity index (χ0n) is 18.2. The number of Topliss-reactive ketones (excluding diaryl/α,β-unsaturated/α-hetero) is 1. The summed E-state index contributed by atoms with van der Waals surface area (Å²) in [6.45, 7) is 0. The van der Waals surface area contributed by atoms with E-state index >= 15 is 0 Å². The predicted molar refractivity (Wildman–Crippen MR) is 132 cm³/mol. The van der Waals surface area contributed by atoms with E-state index in [9.17, 15) is 4.79 Å². The van der Waals surface area contributed by atoms with Crippen molar-refractivity contribution in [2.45, 2.75) is 18.0 Å². The fraction of sp³-hybridized carbons (Fsp3) is 0.100. The summed E-state index contributed by atoms with van der Waals surface area (Å²) >= 11 is 0. The molecule has 1 unspecified atom stereocenters. The number of H-pyrrole nitrogens is 1. The summed E-state index contributed by atoms with van der Waals surface area (Å²) in [6.07, 6.45) is 2.69. The second kappa shape index (κ2) is 7.88. The van der Waals surface area contributed by atoms with Gasteiger partial charge in [-0.05, 0) is 34.7 Å². The SMILES string of the molecule is O=C1c2cccc3[nH]cc(c23)CC1NC(c1ccccc1)(c1ccccc1)c1ccccc1.